The minimum Gasteiger partial charge on any atom is -0.466 e. The number of methoxy groups -OCH3 is 2. The summed E-state index contributed by atoms with van der Waals surface area (Å²) in [4.78, 5) is 22.6. The molecule has 18 heavy (non-hydrogen) atoms. The lowest BCUT2D eigenvalue weighted by Gasteiger charge is -2.21. The number of esters is 2. The molecule has 2 atom stereocenters. The average molecular weight is 252 g/mol. The number of carbonyl (C=O) groups is 2. The lowest BCUT2D eigenvalue weighted by atomic mass is 9.88. The molecule has 0 saturated carbocycles. The van der Waals surface area contributed by atoms with Gasteiger partial charge in [0.1, 0.15) is 0 Å². The number of hydrogen-bond donors (Lipinski definition) is 1. The summed E-state index contributed by atoms with van der Waals surface area (Å²) in [5.41, 5.74) is 0.600. The van der Waals surface area contributed by atoms with Crippen LogP contribution in [0.1, 0.15) is 6.42 Å². The number of carbonyl (C=O) groups excluding carboxylic acids is 2. The van der Waals surface area contributed by atoms with Gasteiger partial charge in [-0.15, -0.1) is 0 Å². The van der Waals surface area contributed by atoms with Crippen LogP contribution in [0.5, 0.6) is 0 Å². The van der Waals surface area contributed by atoms with Crippen molar-refractivity contribution >= 4 is 11.9 Å². The van der Waals surface area contributed by atoms with E-state index in [1.165, 1.54) is 26.4 Å². The van der Waals surface area contributed by atoms with Crippen LogP contribution in [-0.4, -0.2) is 37.4 Å². The Kier molecular flexibility index (Phi) is 4.85. The zero-order valence-corrected chi connectivity index (χ0v) is 10.4. The van der Waals surface area contributed by atoms with Crippen LogP contribution in [0.4, 0.5) is 0 Å². The Morgan fingerprint density at radius 1 is 1.39 bits per heavy atom. The Bertz CT molecular complexity index is 419. The van der Waals surface area contributed by atoms with Crippen LogP contribution in [0.25, 0.3) is 0 Å². The molecule has 98 valence electrons. The maximum atomic E-state index is 11.4. The molecule has 0 aromatic carbocycles. The van der Waals surface area contributed by atoms with E-state index in [9.17, 15) is 14.7 Å². The van der Waals surface area contributed by atoms with Crippen molar-refractivity contribution in [3.8, 4) is 0 Å². The summed E-state index contributed by atoms with van der Waals surface area (Å²) in [6, 6.07) is 0. The van der Waals surface area contributed by atoms with E-state index in [-0.39, 0.29) is 12.0 Å². The molecule has 5 heteroatoms. The Morgan fingerprint density at radius 3 is 2.61 bits per heavy atom. The van der Waals surface area contributed by atoms with Gasteiger partial charge in [0.05, 0.1) is 25.9 Å². The van der Waals surface area contributed by atoms with Crippen molar-refractivity contribution in [1.82, 2.24) is 0 Å². The first-order chi connectivity index (χ1) is 8.49. The normalized spacial score (nSPS) is 22.1. The van der Waals surface area contributed by atoms with Crippen LogP contribution >= 0.6 is 0 Å². The molecule has 1 rings (SSSR count). The Balaban J connectivity index is 2.78. The zero-order chi connectivity index (χ0) is 13.7. The van der Waals surface area contributed by atoms with Crippen LogP contribution < -0.4 is 0 Å². The lowest BCUT2D eigenvalue weighted by Crippen LogP contribution is -2.23. The van der Waals surface area contributed by atoms with Crippen LogP contribution in [0.3, 0.4) is 0 Å². The molecule has 5 nitrogen and oxygen atoms in total. The SMILES string of the molecule is C=C(C[C@@H]1C=C(C(=O)OC)C=C[C@@H]1O)C(=O)OC. The molecular weight excluding hydrogens is 236 g/mol. The van der Waals surface area contributed by atoms with Gasteiger partial charge in [-0.1, -0.05) is 18.7 Å². The van der Waals surface area contributed by atoms with Crippen molar-refractivity contribution in [2.45, 2.75) is 12.5 Å². The van der Waals surface area contributed by atoms with Gasteiger partial charge in [-0.3, -0.25) is 0 Å². The molecule has 0 aliphatic heterocycles. The van der Waals surface area contributed by atoms with Crippen LogP contribution in [0, 0.1) is 5.92 Å². The number of aliphatic hydroxyl groups is 1. The van der Waals surface area contributed by atoms with Gasteiger partial charge in [0.25, 0.3) is 0 Å². The number of rotatable bonds is 4. The molecule has 0 aromatic heterocycles. The average Bonchev–Trinajstić information content (AvgIpc) is 2.39. The van der Waals surface area contributed by atoms with Crippen molar-refractivity contribution in [3.05, 3.63) is 36.0 Å². The van der Waals surface area contributed by atoms with Crippen LogP contribution in [0.15, 0.2) is 36.0 Å². The smallest absolute Gasteiger partial charge is 0.337 e. The summed E-state index contributed by atoms with van der Waals surface area (Å²) >= 11 is 0. The monoisotopic (exact) mass is 252 g/mol. The van der Waals surface area contributed by atoms with Gasteiger partial charge in [0.2, 0.25) is 0 Å². The molecular formula is C13H16O5. The van der Waals surface area contributed by atoms with E-state index in [4.69, 9.17) is 0 Å². The molecule has 0 fully saturated rings. The van der Waals surface area contributed by atoms with Gasteiger partial charge in [0.15, 0.2) is 0 Å². The van der Waals surface area contributed by atoms with Gasteiger partial charge in [0, 0.05) is 11.5 Å². The topological polar surface area (TPSA) is 72.8 Å². The summed E-state index contributed by atoms with van der Waals surface area (Å²) < 4.78 is 9.13. The molecule has 0 radical (unpaired) electrons. The van der Waals surface area contributed by atoms with E-state index in [0.717, 1.165) is 0 Å². The fraction of sp³-hybridized carbons (Fsp3) is 0.385. The third kappa shape index (κ3) is 3.30. The molecule has 0 bridgehead atoms. The largest absolute Gasteiger partial charge is 0.466 e. The van der Waals surface area contributed by atoms with Gasteiger partial charge in [-0.25, -0.2) is 9.59 Å². The first-order valence-corrected chi connectivity index (χ1v) is 5.42. The minimum absolute atomic E-state index is 0.221. The maximum Gasteiger partial charge on any atom is 0.337 e. The fourth-order valence-corrected chi connectivity index (χ4v) is 1.68. The molecule has 1 aliphatic rings. The van der Waals surface area contributed by atoms with Gasteiger partial charge in [-0.05, 0) is 12.5 Å². The number of hydrogen-bond acceptors (Lipinski definition) is 5. The highest BCUT2D eigenvalue weighted by atomic mass is 16.5. The highest BCUT2D eigenvalue weighted by Gasteiger charge is 2.24. The third-order valence-electron chi connectivity index (χ3n) is 2.68. The van der Waals surface area contributed by atoms with Gasteiger partial charge >= 0.3 is 11.9 Å². The summed E-state index contributed by atoms with van der Waals surface area (Å²) in [5, 5.41) is 9.77. The number of aliphatic hydroxyl groups excluding tert-OH is 1. The second-order valence-corrected chi connectivity index (χ2v) is 3.93. The van der Waals surface area contributed by atoms with Crippen molar-refractivity contribution < 1.29 is 24.2 Å². The summed E-state index contributed by atoms with van der Waals surface area (Å²) in [5.74, 6) is -1.40. The van der Waals surface area contributed by atoms with E-state index in [1.54, 1.807) is 6.08 Å². The summed E-state index contributed by atoms with van der Waals surface area (Å²) in [6.07, 6.45) is 4.01. The molecule has 1 aliphatic carbocycles. The lowest BCUT2D eigenvalue weighted by molar-refractivity contribution is -0.136. The number of ether oxygens (including phenoxy) is 2. The summed E-state index contributed by atoms with van der Waals surface area (Å²) in [6.45, 7) is 3.59. The second-order valence-electron chi connectivity index (χ2n) is 3.93. The van der Waals surface area contributed by atoms with E-state index < -0.39 is 24.0 Å². The second kappa shape index (κ2) is 6.16. The van der Waals surface area contributed by atoms with Crippen molar-refractivity contribution in [1.29, 1.82) is 0 Å². The molecule has 0 spiro atoms. The van der Waals surface area contributed by atoms with E-state index >= 15 is 0 Å². The molecule has 0 aromatic rings. The first-order valence-electron chi connectivity index (χ1n) is 5.42. The fourth-order valence-electron chi connectivity index (χ4n) is 1.68. The Labute approximate surface area is 105 Å². The minimum atomic E-state index is -0.764. The molecule has 0 heterocycles. The predicted molar refractivity (Wildman–Crippen MR) is 64.5 cm³/mol. The summed E-state index contributed by atoms with van der Waals surface area (Å²) in [7, 11) is 2.55. The molecule has 0 saturated heterocycles. The van der Waals surface area contributed by atoms with Crippen LogP contribution in [0.2, 0.25) is 0 Å². The van der Waals surface area contributed by atoms with Crippen molar-refractivity contribution in [2.24, 2.45) is 5.92 Å². The Hall–Kier alpha value is -1.88. The van der Waals surface area contributed by atoms with Crippen molar-refractivity contribution in [2.75, 3.05) is 14.2 Å². The third-order valence-corrected chi connectivity index (χ3v) is 2.68. The Morgan fingerprint density at radius 2 is 2.06 bits per heavy atom. The van der Waals surface area contributed by atoms with Crippen molar-refractivity contribution in [3.63, 3.8) is 0 Å². The van der Waals surface area contributed by atoms with E-state index in [1.807, 2.05) is 0 Å². The quantitative estimate of drug-likeness (QED) is 0.590. The van der Waals surface area contributed by atoms with Gasteiger partial charge in [-0.2, -0.15) is 0 Å². The van der Waals surface area contributed by atoms with E-state index in [2.05, 4.69) is 16.1 Å². The molecule has 0 amide bonds. The highest BCUT2D eigenvalue weighted by molar-refractivity contribution is 5.92. The maximum absolute atomic E-state index is 11.4. The van der Waals surface area contributed by atoms with Crippen LogP contribution in [-0.2, 0) is 19.1 Å². The molecule has 0 unspecified atom stereocenters. The predicted octanol–water partition coefficient (Wildman–Crippen LogP) is 0.752. The van der Waals surface area contributed by atoms with Gasteiger partial charge < -0.3 is 14.6 Å². The first kappa shape index (κ1) is 14.2. The standard InChI is InChI=1S/C13H16O5/c1-8(12(15)17-2)6-10-7-9(13(16)18-3)4-5-11(10)14/h4-5,7,10-11,14H,1,6H2,2-3H3/t10-,11+/m1/s1. The zero-order valence-electron chi connectivity index (χ0n) is 10.4. The highest BCUT2D eigenvalue weighted by Crippen LogP contribution is 2.24. The van der Waals surface area contributed by atoms with E-state index in [0.29, 0.717) is 5.57 Å². The molecule has 1 N–H and O–H groups in total.